The molecular formula is C52H33NO. The summed E-state index contributed by atoms with van der Waals surface area (Å²) in [6.45, 7) is 0. The summed E-state index contributed by atoms with van der Waals surface area (Å²) < 4.78 is 144. The van der Waals surface area contributed by atoms with Crippen LogP contribution in [0.1, 0.15) is 20.6 Å². The van der Waals surface area contributed by atoms with Gasteiger partial charge >= 0.3 is 0 Å². The van der Waals surface area contributed by atoms with E-state index in [2.05, 4.69) is 0 Å². The van der Waals surface area contributed by atoms with Crippen LogP contribution in [-0.2, 0) is 0 Å². The minimum Gasteiger partial charge on any atom is -0.455 e. The number of fused-ring (bicyclic) bond motifs is 9. The lowest BCUT2D eigenvalue weighted by Crippen LogP contribution is -2.10. The van der Waals surface area contributed by atoms with Crippen LogP contribution >= 0.6 is 0 Å². The molecule has 2 nitrogen and oxygen atoms in total. The van der Waals surface area contributed by atoms with E-state index < -0.39 is 124 Å². The van der Waals surface area contributed by atoms with Crippen molar-refractivity contribution in [2.24, 2.45) is 0 Å². The molecule has 2 heteroatoms. The molecule has 0 aliphatic rings. The van der Waals surface area contributed by atoms with Crippen molar-refractivity contribution < 1.29 is 25.0 Å². The molecule has 1 aromatic heterocycles. The fourth-order valence-corrected chi connectivity index (χ4v) is 7.25. The number of hydrogen-bond acceptors (Lipinski definition) is 2. The Morgan fingerprint density at radius 3 is 1.81 bits per heavy atom. The van der Waals surface area contributed by atoms with E-state index >= 15 is 0 Å². The first-order chi connectivity index (χ1) is 33.0. The highest BCUT2D eigenvalue weighted by molar-refractivity contribution is 6.19. The number of anilines is 3. The molecule has 0 amide bonds. The molecule has 0 unspecified atom stereocenters. The Morgan fingerprint density at radius 1 is 0.407 bits per heavy atom. The highest BCUT2D eigenvalue weighted by Crippen LogP contribution is 2.45. The van der Waals surface area contributed by atoms with Gasteiger partial charge in [-0.3, -0.25) is 0 Å². The van der Waals surface area contributed by atoms with Gasteiger partial charge in [0, 0.05) is 22.1 Å². The molecule has 11 rings (SSSR count). The van der Waals surface area contributed by atoms with Crippen molar-refractivity contribution in [3.63, 3.8) is 0 Å². The van der Waals surface area contributed by atoms with E-state index in [4.69, 9.17) is 12.6 Å². The lowest BCUT2D eigenvalue weighted by molar-refractivity contribution is 0.672. The fraction of sp³-hybridized carbons (Fsp3) is 0. The maximum atomic E-state index is 9.71. The Balaban J connectivity index is 1.21. The maximum Gasteiger partial charge on any atom is 0.143 e. The second kappa shape index (κ2) is 12.2. The molecule has 1 heterocycles. The Hall–Kier alpha value is -7.16. The maximum absolute atomic E-state index is 9.71. The van der Waals surface area contributed by atoms with E-state index in [9.17, 15) is 12.3 Å². The number of benzene rings is 10. The van der Waals surface area contributed by atoms with Gasteiger partial charge in [0.15, 0.2) is 0 Å². The zero-order valence-electron chi connectivity index (χ0n) is 43.2. The summed E-state index contributed by atoms with van der Waals surface area (Å²) in [5.74, 6) is 0. The van der Waals surface area contributed by atoms with Crippen LogP contribution < -0.4 is 4.90 Å². The van der Waals surface area contributed by atoms with Crippen LogP contribution in [0.4, 0.5) is 17.1 Å². The van der Waals surface area contributed by atoms with Crippen molar-refractivity contribution in [1.82, 2.24) is 0 Å². The molecule has 252 valence electrons. The third-order valence-electron chi connectivity index (χ3n) is 9.81. The summed E-state index contributed by atoms with van der Waals surface area (Å²) in [6.07, 6.45) is 0. The van der Waals surface area contributed by atoms with Gasteiger partial charge in [-0.25, -0.2) is 0 Å². The van der Waals surface area contributed by atoms with Gasteiger partial charge < -0.3 is 9.32 Å². The summed E-state index contributed by atoms with van der Waals surface area (Å²) in [5, 5.41) is 5.51. The average molecular weight is 703 g/mol. The number of hydrogen-bond donors (Lipinski definition) is 0. The zero-order valence-corrected chi connectivity index (χ0v) is 28.2. The predicted octanol–water partition coefficient (Wildman–Crippen LogP) is 15.0. The quantitative estimate of drug-likeness (QED) is 0.166. The van der Waals surface area contributed by atoms with Crippen LogP contribution in [0, 0.1) is 0 Å². The molecule has 0 atom stereocenters. The van der Waals surface area contributed by atoms with Crippen LogP contribution in [0.2, 0.25) is 0 Å². The van der Waals surface area contributed by atoms with Crippen LogP contribution in [0.5, 0.6) is 0 Å². The summed E-state index contributed by atoms with van der Waals surface area (Å²) in [6, 6.07) is 23.3. The molecule has 11 aromatic rings. The van der Waals surface area contributed by atoms with Crippen molar-refractivity contribution in [2.45, 2.75) is 0 Å². The van der Waals surface area contributed by atoms with Crippen molar-refractivity contribution in [1.29, 1.82) is 0 Å². The Bertz CT molecular complexity index is 4050. The van der Waals surface area contributed by atoms with Gasteiger partial charge in [-0.2, -0.15) is 0 Å². The topological polar surface area (TPSA) is 16.4 Å². The van der Waals surface area contributed by atoms with E-state index in [1.165, 1.54) is 4.90 Å². The number of rotatable bonds is 5. The monoisotopic (exact) mass is 702 g/mol. The molecule has 0 aliphatic heterocycles. The lowest BCUT2D eigenvalue weighted by atomic mass is 9.97. The molecule has 10 aromatic carbocycles. The van der Waals surface area contributed by atoms with Crippen molar-refractivity contribution >= 4 is 82.1 Å². The Morgan fingerprint density at radius 2 is 1.02 bits per heavy atom. The van der Waals surface area contributed by atoms with E-state index in [1.807, 2.05) is 78.9 Å². The second-order valence-corrected chi connectivity index (χ2v) is 12.9. The first-order valence-corrected chi connectivity index (χ1v) is 17.3. The highest BCUT2D eigenvalue weighted by atomic mass is 16.3. The van der Waals surface area contributed by atoms with Crippen molar-refractivity contribution in [3.05, 3.63) is 200 Å². The second-order valence-electron chi connectivity index (χ2n) is 12.9. The first-order valence-electron chi connectivity index (χ1n) is 24.8. The first kappa shape index (κ1) is 19.1. The van der Waals surface area contributed by atoms with Gasteiger partial charge in [-0.15, -0.1) is 0 Å². The zero-order chi connectivity index (χ0) is 48.6. The molecular weight excluding hydrogens is 655 g/mol. The van der Waals surface area contributed by atoms with E-state index in [0.29, 0.717) is 27.5 Å². The van der Waals surface area contributed by atoms with Crippen LogP contribution in [0.25, 0.3) is 87.3 Å². The molecule has 0 spiro atoms. The molecule has 0 aliphatic carbocycles. The Labute approximate surface area is 333 Å². The number of nitrogens with zero attached hydrogens (tertiary/aromatic N) is 1. The summed E-state index contributed by atoms with van der Waals surface area (Å²) >= 11 is 0. The number of furan rings is 1. The highest BCUT2D eigenvalue weighted by Gasteiger charge is 2.20. The minimum atomic E-state index is -0.802. The SMILES string of the molecule is [2H]c1c([2H])c(N(c2c([2H])c([2H])c(-c3c([2H])c([2H])c4c([2H])c([2H])c([2H])c([2H])c4c3[2H])c([2H])c2[2H])c2cccc3oc4c5ccccc5ccc4c23)c([2H])c([2H])c1-c1ccc2c(ccc3ccccc32)c1. The molecule has 0 saturated heterocycles. The predicted molar refractivity (Wildman–Crippen MR) is 229 cm³/mol. The average Bonchev–Trinajstić information content (AvgIpc) is 3.75. The smallest absolute Gasteiger partial charge is 0.143 e. The summed E-state index contributed by atoms with van der Waals surface area (Å²) in [5.41, 5.74) is -0.750. The molecule has 0 radical (unpaired) electrons. The third kappa shape index (κ3) is 4.96. The van der Waals surface area contributed by atoms with Gasteiger partial charge in [0.2, 0.25) is 0 Å². The standard InChI is InChI=1S/C52H33NO/c1-2-11-39-32-40(18-16-34(39)8-1)35-20-26-43(27-21-35)53(49-14-7-15-50-51(49)48-31-24-38-10-4-6-13-47(38)52(48)54-50)44-28-22-36(23-29-44)41-25-30-46-42(33-41)19-17-37-9-3-5-12-45(37)46/h1-33H/i1D,2D,8D,11D,16D,18D,20D,21D,22D,23D,26D,27D,28D,29D,32D. The van der Waals surface area contributed by atoms with E-state index in [0.717, 1.165) is 32.3 Å². The largest absolute Gasteiger partial charge is 0.455 e. The molecule has 0 fully saturated rings. The van der Waals surface area contributed by atoms with Crippen LogP contribution in [0.3, 0.4) is 0 Å². The minimum absolute atomic E-state index is 0.0106. The molecule has 0 saturated carbocycles. The molecule has 54 heavy (non-hydrogen) atoms. The van der Waals surface area contributed by atoms with Gasteiger partial charge in [-0.1, -0.05) is 145 Å². The normalized spacial score (nSPS) is 15.6. The van der Waals surface area contributed by atoms with Gasteiger partial charge in [0.25, 0.3) is 0 Å². The van der Waals surface area contributed by atoms with Crippen molar-refractivity contribution in [3.8, 4) is 22.3 Å². The third-order valence-corrected chi connectivity index (χ3v) is 9.81. The summed E-state index contributed by atoms with van der Waals surface area (Å²) in [4.78, 5) is 1.17. The lowest BCUT2D eigenvalue weighted by Gasteiger charge is -2.26. The van der Waals surface area contributed by atoms with Crippen molar-refractivity contribution in [2.75, 3.05) is 4.90 Å². The fourth-order valence-electron chi connectivity index (χ4n) is 7.25. The molecule has 0 bridgehead atoms. The van der Waals surface area contributed by atoms with Gasteiger partial charge in [-0.05, 0) is 114 Å². The molecule has 0 N–H and O–H groups in total. The van der Waals surface area contributed by atoms with E-state index in [-0.39, 0.29) is 11.3 Å². The van der Waals surface area contributed by atoms with Gasteiger partial charge in [0.1, 0.15) is 11.2 Å². The van der Waals surface area contributed by atoms with E-state index in [1.54, 1.807) is 30.3 Å². The van der Waals surface area contributed by atoms with Gasteiger partial charge in [0.05, 0.1) is 31.6 Å². The van der Waals surface area contributed by atoms with Crippen LogP contribution in [0.15, 0.2) is 204 Å². The summed E-state index contributed by atoms with van der Waals surface area (Å²) in [7, 11) is 0. The Kier molecular flexibility index (Phi) is 4.32. The van der Waals surface area contributed by atoms with Crippen LogP contribution in [-0.4, -0.2) is 0 Å².